The minimum Gasteiger partial charge on any atom is -0.507 e. The highest BCUT2D eigenvalue weighted by Crippen LogP contribution is 2.40. The minimum atomic E-state index is 0.149. The SMILES string of the molecule is Cc1c(-c2cc(Cc3ccccc3)ccc2O)cc(C=O)cc1-c1cc(Cc2ccccc2)ccc1O. The zero-order valence-corrected chi connectivity index (χ0v) is 20.7. The van der Waals surface area contributed by atoms with Crippen molar-refractivity contribution in [2.45, 2.75) is 19.8 Å². The molecule has 0 saturated heterocycles. The molecule has 5 aromatic carbocycles. The fourth-order valence-corrected chi connectivity index (χ4v) is 4.85. The molecule has 0 aromatic heterocycles. The molecule has 182 valence electrons. The van der Waals surface area contributed by atoms with Crippen molar-refractivity contribution in [1.82, 2.24) is 0 Å². The predicted octanol–water partition coefficient (Wildman–Crippen LogP) is 7.73. The van der Waals surface area contributed by atoms with Crippen LogP contribution in [0.2, 0.25) is 0 Å². The van der Waals surface area contributed by atoms with Gasteiger partial charge >= 0.3 is 0 Å². The molecule has 0 atom stereocenters. The minimum absolute atomic E-state index is 0.149. The number of carbonyl (C=O) groups excluding carboxylic acids is 1. The lowest BCUT2D eigenvalue weighted by Gasteiger charge is -2.17. The highest BCUT2D eigenvalue weighted by molar-refractivity contribution is 5.89. The topological polar surface area (TPSA) is 57.5 Å². The van der Waals surface area contributed by atoms with Crippen LogP contribution in [0, 0.1) is 6.92 Å². The molecule has 0 aliphatic carbocycles. The lowest BCUT2D eigenvalue weighted by atomic mass is 9.88. The zero-order valence-electron chi connectivity index (χ0n) is 20.7. The highest BCUT2D eigenvalue weighted by Gasteiger charge is 2.17. The normalized spacial score (nSPS) is 10.8. The second-order valence-corrected chi connectivity index (χ2v) is 9.39. The van der Waals surface area contributed by atoms with Gasteiger partial charge in [0.2, 0.25) is 0 Å². The molecular formula is C34H28O3. The summed E-state index contributed by atoms with van der Waals surface area (Å²) in [4.78, 5) is 11.9. The van der Waals surface area contributed by atoms with Gasteiger partial charge in [-0.2, -0.15) is 0 Å². The zero-order chi connectivity index (χ0) is 25.8. The van der Waals surface area contributed by atoms with Crippen LogP contribution in [-0.2, 0) is 12.8 Å². The molecule has 0 fully saturated rings. The first-order chi connectivity index (χ1) is 18.0. The molecule has 0 aliphatic heterocycles. The summed E-state index contributed by atoms with van der Waals surface area (Å²) in [5.74, 6) is 0.298. The lowest BCUT2D eigenvalue weighted by Crippen LogP contribution is -1.96. The molecule has 3 nitrogen and oxygen atoms in total. The first kappa shape index (κ1) is 24.1. The van der Waals surface area contributed by atoms with Crippen LogP contribution in [-0.4, -0.2) is 16.5 Å². The molecule has 5 aromatic rings. The maximum atomic E-state index is 11.9. The standard InChI is InChI=1S/C34H28O3/c1-23-29(31-18-26(12-14-33(31)36)16-24-8-4-2-5-9-24)20-28(22-35)21-30(23)32-19-27(13-15-34(32)37)17-25-10-6-3-7-11-25/h2-15,18-22,36-37H,16-17H2,1H3. The fourth-order valence-electron chi connectivity index (χ4n) is 4.85. The average Bonchev–Trinajstić information content (AvgIpc) is 2.92. The molecule has 0 unspecified atom stereocenters. The van der Waals surface area contributed by atoms with E-state index in [2.05, 4.69) is 24.3 Å². The van der Waals surface area contributed by atoms with Gasteiger partial charge in [-0.15, -0.1) is 0 Å². The first-order valence-electron chi connectivity index (χ1n) is 12.3. The molecule has 0 bridgehead atoms. The Kier molecular flexibility index (Phi) is 6.87. The number of aldehydes is 1. The summed E-state index contributed by atoms with van der Waals surface area (Å²) >= 11 is 0. The van der Waals surface area contributed by atoms with Crippen LogP contribution >= 0.6 is 0 Å². The maximum absolute atomic E-state index is 11.9. The van der Waals surface area contributed by atoms with Crippen LogP contribution in [0.15, 0.2) is 109 Å². The van der Waals surface area contributed by atoms with Gasteiger partial charge in [-0.25, -0.2) is 0 Å². The van der Waals surface area contributed by atoms with Gasteiger partial charge in [0.05, 0.1) is 0 Å². The van der Waals surface area contributed by atoms with E-state index in [9.17, 15) is 15.0 Å². The molecule has 0 aliphatic rings. The predicted molar refractivity (Wildman–Crippen MR) is 149 cm³/mol. The number of carbonyl (C=O) groups is 1. The summed E-state index contributed by atoms with van der Waals surface area (Å²) in [5.41, 5.74) is 8.69. The Morgan fingerprint density at radius 3 is 1.38 bits per heavy atom. The fraction of sp³-hybridized carbons (Fsp3) is 0.0882. The second-order valence-electron chi connectivity index (χ2n) is 9.39. The number of phenols is 2. The Balaban J connectivity index is 1.59. The molecule has 0 saturated carbocycles. The molecule has 5 rings (SSSR count). The van der Waals surface area contributed by atoms with Gasteiger partial charge in [0, 0.05) is 16.7 Å². The molecule has 37 heavy (non-hydrogen) atoms. The Labute approximate surface area is 217 Å². The number of hydrogen-bond acceptors (Lipinski definition) is 3. The summed E-state index contributed by atoms with van der Waals surface area (Å²) in [6, 6.07) is 35.2. The van der Waals surface area contributed by atoms with Crippen molar-refractivity contribution in [1.29, 1.82) is 0 Å². The summed E-state index contributed by atoms with van der Waals surface area (Å²) in [6.07, 6.45) is 2.27. The molecule has 3 heteroatoms. The van der Waals surface area contributed by atoms with E-state index in [0.717, 1.165) is 46.9 Å². The van der Waals surface area contributed by atoms with E-state index in [4.69, 9.17) is 0 Å². The van der Waals surface area contributed by atoms with Crippen molar-refractivity contribution in [3.8, 4) is 33.8 Å². The number of hydrogen-bond donors (Lipinski definition) is 2. The highest BCUT2D eigenvalue weighted by atomic mass is 16.3. The Hall–Kier alpha value is -4.63. The van der Waals surface area contributed by atoms with E-state index in [1.807, 2.05) is 67.6 Å². The smallest absolute Gasteiger partial charge is 0.150 e. The molecule has 0 amide bonds. The second kappa shape index (κ2) is 10.5. The van der Waals surface area contributed by atoms with Crippen molar-refractivity contribution in [3.05, 3.63) is 143 Å². The van der Waals surface area contributed by atoms with E-state index in [1.165, 1.54) is 11.1 Å². The first-order valence-corrected chi connectivity index (χ1v) is 12.3. The third-order valence-corrected chi connectivity index (χ3v) is 6.77. The van der Waals surface area contributed by atoms with E-state index in [1.54, 1.807) is 24.3 Å². The number of benzene rings is 5. The monoisotopic (exact) mass is 484 g/mol. The average molecular weight is 485 g/mol. The molecule has 0 heterocycles. The third-order valence-electron chi connectivity index (χ3n) is 6.77. The van der Waals surface area contributed by atoms with Crippen molar-refractivity contribution >= 4 is 6.29 Å². The summed E-state index contributed by atoms with van der Waals surface area (Å²) in [7, 11) is 0. The van der Waals surface area contributed by atoms with Gasteiger partial charge in [0.1, 0.15) is 17.8 Å². The summed E-state index contributed by atoms with van der Waals surface area (Å²) in [5, 5.41) is 21.7. The Morgan fingerprint density at radius 2 is 0.973 bits per heavy atom. The maximum Gasteiger partial charge on any atom is 0.150 e. The Bertz CT molecular complexity index is 1440. The van der Waals surface area contributed by atoms with Crippen LogP contribution < -0.4 is 0 Å². The lowest BCUT2D eigenvalue weighted by molar-refractivity contribution is 0.112. The molecular weight excluding hydrogens is 456 g/mol. The van der Waals surface area contributed by atoms with Gasteiger partial charge in [-0.1, -0.05) is 72.8 Å². The number of aromatic hydroxyl groups is 2. The Morgan fingerprint density at radius 1 is 0.541 bits per heavy atom. The van der Waals surface area contributed by atoms with Gasteiger partial charge in [-0.3, -0.25) is 4.79 Å². The van der Waals surface area contributed by atoms with Gasteiger partial charge < -0.3 is 10.2 Å². The van der Waals surface area contributed by atoms with Crippen LogP contribution in [0.5, 0.6) is 11.5 Å². The van der Waals surface area contributed by atoms with Gasteiger partial charge in [0.15, 0.2) is 0 Å². The number of phenolic OH excluding ortho intramolecular Hbond substituents is 2. The molecule has 2 N–H and O–H groups in total. The van der Waals surface area contributed by atoms with Crippen LogP contribution in [0.3, 0.4) is 0 Å². The van der Waals surface area contributed by atoms with Gasteiger partial charge in [-0.05, 0) is 95.1 Å². The number of rotatable bonds is 7. The van der Waals surface area contributed by atoms with Crippen LogP contribution in [0.1, 0.15) is 38.2 Å². The van der Waals surface area contributed by atoms with Crippen LogP contribution in [0.25, 0.3) is 22.3 Å². The van der Waals surface area contributed by atoms with Gasteiger partial charge in [0.25, 0.3) is 0 Å². The third kappa shape index (κ3) is 5.31. The largest absolute Gasteiger partial charge is 0.507 e. The van der Waals surface area contributed by atoms with E-state index in [-0.39, 0.29) is 11.5 Å². The van der Waals surface area contributed by atoms with Crippen molar-refractivity contribution < 1.29 is 15.0 Å². The van der Waals surface area contributed by atoms with Crippen LogP contribution in [0.4, 0.5) is 0 Å². The van der Waals surface area contributed by atoms with Crippen molar-refractivity contribution in [2.75, 3.05) is 0 Å². The molecule has 0 spiro atoms. The van der Waals surface area contributed by atoms with E-state index in [0.29, 0.717) is 16.7 Å². The van der Waals surface area contributed by atoms with Crippen molar-refractivity contribution in [3.63, 3.8) is 0 Å². The van der Waals surface area contributed by atoms with E-state index >= 15 is 0 Å². The quantitative estimate of drug-likeness (QED) is 0.232. The summed E-state index contributed by atoms with van der Waals surface area (Å²) < 4.78 is 0. The van der Waals surface area contributed by atoms with Crippen molar-refractivity contribution in [2.24, 2.45) is 0 Å². The molecule has 0 radical (unpaired) electrons. The van der Waals surface area contributed by atoms with E-state index < -0.39 is 0 Å². The summed E-state index contributed by atoms with van der Waals surface area (Å²) in [6.45, 7) is 1.96.